The summed E-state index contributed by atoms with van der Waals surface area (Å²) in [5.74, 6) is 0.554. The Morgan fingerprint density at radius 2 is 2.00 bits per heavy atom. The van der Waals surface area contributed by atoms with Crippen LogP contribution in [0.25, 0.3) is 0 Å². The van der Waals surface area contributed by atoms with Crippen LogP contribution >= 0.6 is 11.6 Å². The van der Waals surface area contributed by atoms with Gasteiger partial charge in [-0.1, -0.05) is 29.8 Å². The van der Waals surface area contributed by atoms with Gasteiger partial charge < -0.3 is 15.0 Å². The number of fused-ring (bicyclic) bond motifs is 1. The third-order valence-electron chi connectivity index (χ3n) is 5.01. The van der Waals surface area contributed by atoms with Gasteiger partial charge in [-0.15, -0.1) is 0 Å². The molecule has 136 valence electrons. The van der Waals surface area contributed by atoms with Crippen LogP contribution in [0.1, 0.15) is 33.5 Å². The van der Waals surface area contributed by atoms with Gasteiger partial charge >= 0.3 is 0 Å². The van der Waals surface area contributed by atoms with Crippen molar-refractivity contribution in [2.24, 2.45) is 0 Å². The minimum atomic E-state index is -0.0483. The van der Waals surface area contributed by atoms with Crippen molar-refractivity contribution in [3.8, 4) is 0 Å². The van der Waals surface area contributed by atoms with Crippen molar-refractivity contribution < 1.29 is 9.53 Å². The van der Waals surface area contributed by atoms with Crippen LogP contribution in [0.15, 0.2) is 30.5 Å². The third-order valence-corrected chi connectivity index (χ3v) is 5.30. The SMILES string of the molecule is O=C(c1cnc(NCc2ccc3c(c2)CCC3)c(Cl)c1)N1CCOCC1. The molecule has 0 unspecified atom stereocenters. The smallest absolute Gasteiger partial charge is 0.255 e. The summed E-state index contributed by atoms with van der Waals surface area (Å²) in [4.78, 5) is 18.6. The average molecular weight is 372 g/mol. The number of morpholine rings is 1. The Labute approximate surface area is 158 Å². The Morgan fingerprint density at radius 1 is 1.19 bits per heavy atom. The lowest BCUT2D eigenvalue weighted by atomic mass is 10.1. The van der Waals surface area contributed by atoms with Crippen molar-refractivity contribution in [3.05, 3.63) is 57.7 Å². The number of rotatable bonds is 4. The molecule has 0 atom stereocenters. The highest BCUT2D eigenvalue weighted by Gasteiger charge is 2.20. The van der Waals surface area contributed by atoms with E-state index in [1.54, 1.807) is 17.2 Å². The molecule has 1 saturated heterocycles. The van der Waals surface area contributed by atoms with Crippen molar-refractivity contribution in [3.63, 3.8) is 0 Å². The van der Waals surface area contributed by atoms with E-state index in [9.17, 15) is 4.79 Å². The molecule has 0 saturated carbocycles. The zero-order valence-electron chi connectivity index (χ0n) is 14.6. The van der Waals surface area contributed by atoms with Gasteiger partial charge in [-0.25, -0.2) is 4.98 Å². The van der Waals surface area contributed by atoms with Gasteiger partial charge in [-0.05, 0) is 42.0 Å². The number of nitrogens with zero attached hydrogens (tertiary/aromatic N) is 2. The standard InChI is InChI=1S/C20H22ClN3O2/c21-18-11-17(20(25)24-6-8-26-9-7-24)13-23-19(18)22-12-14-4-5-15-2-1-3-16(15)10-14/h4-5,10-11,13H,1-3,6-9,12H2,(H,22,23). The number of nitrogens with one attached hydrogen (secondary N) is 1. The Balaban J connectivity index is 1.42. The summed E-state index contributed by atoms with van der Waals surface area (Å²) < 4.78 is 5.28. The van der Waals surface area contributed by atoms with Crippen LogP contribution < -0.4 is 5.32 Å². The van der Waals surface area contributed by atoms with Gasteiger partial charge in [0, 0.05) is 25.8 Å². The predicted molar refractivity (Wildman–Crippen MR) is 102 cm³/mol. The van der Waals surface area contributed by atoms with Crippen molar-refractivity contribution >= 4 is 23.3 Å². The zero-order chi connectivity index (χ0) is 17.9. The first-order chi connectivity index (χ1) is 12.7. The summed E-state index contributed by atoms with van der Waals surface area (Å²) in [5, 5.41) is 3.74. The van der Waals surface area contributed by atoms with E-state index in [0.717, 1.165) is 0 Å². The lowest BCUT2D eigenvalue weighted by Crippen LogP contribution is -2.40. The number of ether oxygens (including phenoxy) is 1. The number of anilines is 1. The number of halogens is 1. The summed E-state index contributed by atoms with van der Waals surface area (Å²) >= 11 is 6.35. The highest BCUT2D eigenvalue weighted by atomic mass is 35.5. The second-order valence-electron chi connectivity index (χ2n) is 6.77. The van der Waals surface area contributed by atoms with Crippen LogP contribution in [-0.2, 0) is 24.1 Å². The van der Waals surface area contributed by atoms with Gasteiger partial charge in [0.05, 0.1) is 23.8 Å². The molecular formula is C20H22ClN3O2. The molecule has 1 fully saturated rings. The van der Waals surface area contributed by atoms with Crippen molar-refractivity contribution in [1.29, 1.82) is 0 Å². The van der Waals surface area contributed by atoms with Crippen molar-refractivity contribution in [1.82, 2.24) is 9.88 Å². The number of amides is 1. The number of pyridine rings is 1. The molecule has 1 aromatic carbocycles. The lowest BCUT2D eigenvalue weighted by molar-refractivity contribution is 0.0302. The Morgan fingerprint density at radius 3 is 2.81 bits per heavy atom. The maximum Gasteiger partial charge on any atom is 0.255 e. The summed E-state index contributed by atoms with van der Waals surface area (Å²) in [6.07, 6.45) is 5.20. The molecule has 1 aromatic heterocycles. The van der Waals surface area contributed by atoms with Gasteiger partial charge in [0.25, 0.3) is 5.91 Å². The molecular weight excluding hydrogens is 350 g/mol. The number of benzene rings is 1. The zero-order valence-corrected chi connectivity index (χ0v) is 15.4. The highest BCUT2D eigenvalue weighted by molar-refractivity contribution is 6.33. The molecule has 2 aliphatic rings. The fraction of sp³-hybridized carbons (Fsp3) is 0.400. The van der Waals surface area contributed by atoms with Crippen LogP contribution in [0, 0.1) is 0 Å². The minimum absolute atomic E-state index is 0.0483. The van der Waals surface area contributed by atoms with Crippen LogP contribution in [0.3, 0.4) is 0 Å². The van der Waals surface area contributed by atoms with Crippen LogP contribution in [0.5, 0.6) is 0 Å². The quantitative estimate of drug-likeness (QED) is 0.895. The first kappa shape index (κ1) is 17.3. The second kappa shape index (κ2) is 7.64. The number of aryl methyl sites for hydroxylation is 2. The molecule has 5 nitrogen and oxygen atoms in total. The van der Waals surface area contributed by atoms with Crippen molar-refractivity contribution in [2.45, 2.75) is 25.8 Å². The van der Waals surface area contributed by atoms with Crippen LogP contribution in [0.4, 0.5) is 5.82 Å². The van der Waals surface area contributed by atoms with Gasteiger partial charge in [0.2, 0.25) is 0 Å². The third kappa shape index (κ3) is 3.69. The Kier molecular flexibility index (Phi) is 5.09. The number of carbonyl (C=O) groups is 1. The fourth-order valence-electron chi connectivity index (χ4n) is 3.55. The molecule has 0 bridgehead atoms. The van der Waals surface area contributed by atoms with E-state index < -0.39 is 0 Å². The molecule has 1 N–H and O–H groups in total. The molecule has 1 aliphatic heterocycles. The van der Waals surface area contributed by atoms with Gasteiger partial charge in [-0.2, -0.15) is 0 Å². The summed E-state index contributed by atoms with van der Waals surface area (Å²) in [5.41, 5.74) is 4.66. The first-order valence-corrected chi connectivity index (χ1v) is 9.45. The van der Waals surface area contributed by atoms with E-state index >= 15 is 0 Å². The highest BCUT2D eigenvalue weighted by Crippen LogP contribution is 2.25. The molecule has 4 rings (SSSR count). The largest absolute Gasteiger partial charge is 0.378 e. The molecule has 1 amide bonds. The summed E-state index contributed by atoms with van der Waals surface area (Å²) in [6.45, 7) is 3.03. The van der Waals surface area contributed by atoms with Gasteiger partial charge in [0.15, 0.2) is 0 Å². The van der Waals surface area contributed by atoms with E-state index in [4.69, 9.17) is 16.3 Å². The monoisotopic (exact) mass is 371 g/mol. The number of carbonyl (C=O) groups excluding carboxylic acids is 1. The topological polar surface area (TPSA) is 54.5 Å². The normalized spacial score (nSPS) is 16.4. The van der Waals surface area contributed by atoms with E-state index in [-0.39, 0.29) is 5.91 Å². The van der Waals surface area contributed by atoms with Crippen LogP contribution in [0.2, 0.25) is 5.02 Å². The van der Waals surface area contributed by atoms with Gasteiger partial charge in [-0.3, -0.25) is 4.79 Å². The fourth-order valence-corrected chi connectivity index (χ4v) is 3.79. The molecule has 1 aliphatic carbocycles. The maximum atomic E-state index is 12.5. The van der Waals surface area contributed by atoms with Crippen LogP contribution in [-0.4, -0.2) is 42.1 Å². The Bertz CT molecular complexity index is 819. The number of aromatic nitrogens is 1. The molecule has 6 heteroatoms. The second-order valence-corrected chi connectivity index (χ2v) is 7.18. The molecule has 26 heavy (non-hydrogen) atoms. The van der Waals surface area contributed by atoms with Crippen molar-refractivity contribution in [2.75, 3.05) is 31.6 Å². The minimum Gasteiger partial charge on any atom is -0.378 e. The number of hydrogen-bond acceptors (Lipinski definition) is 4. The van der Waals surface area contributed by atoms with Gasteiger partial charge in [0.1, 0.15) is 5.82 Å². The molecule has 2 aromatic rings. The summed E-state index contributed by atoms with van der Waals surface area (Å²) in [7, 11) is 0. The summed E-state index contributed by atoms with van der Waals surface area (Å²) in [6, 6.07) is 8.33. The molecule has 0 spiro atoms. The van der Waals surface area contributed by atoms with E-state index in [2.05, 4.69) is 28.5 Å². The average Bonchev–Trinajstić information content (AvgIpc) is 3.15. The molecule has 2 heterocycles. The van der Waals surface area contributed by atoms with E-state index in [1.165, 1.54) is 36.0 Å². The lowest BCUT2D eigenvalue weighted by Gasteiger charge is -2.26. The van der Waals surface area contributed by atoms with E-state index in [0.29, 0.717) is 49.3 Å². The number of hydrogen-bond donors (Lipinski definition) is 1. The first-order valence-electron chi connectivity index (χ1n) is 9.08. The predicted octanol–water partition coefficient (Wildman–Crippen LogP) is 3.31. The molecule has 0 radical (unpaired) electrons. The Hall–Kier alpha value is -2.11. The van der Waals surface area contributed by atoms with E-state index in [1.807, 2.05) is 0 Å². The maximum absolute atomic E-state index is 12.5.